The Labute approximate surface area is 173 Å². The Kier molecular flexibility index (Phi) is 5.37. The number of hydrogen-bond donors (Lipinski definition) is 3. The second-order valence-corrected chi connectivity index (χ2v) is 7.00. The third-order valence-electron chi connectivity index (χ3n) is 4.27. The van der Waals surface area contributed by atoms with Crippen LogP contribution in [-0.2, 0) is 0 Å². The number of hydrogen-bond acceptors (Lipinski definition) is 2. The van der Waals surface area contributed by atoms with Crippen molar-refractivity contribution >= 4 is 51.7 Å². The summed E-state index contributed by atoms with van der Waals surface area (Å²) in [6.45, 7) is 0. The van der Waals surface area contributed by atoms with Crippen LogP contribution in [0.25, 0.3) is 22.2 Å². The van der Waals surface area contributed by atoms with Gasteiger partial charge in [0.2, 0.25) is 0 Å². The molecule has 3 aromatic carbocycles. The molecule has 1 heterocycles. The van der Waals surface area contributed by atoms with Gasteiger partial charge in [0.15, 0.2) is 5.11 Å². The molecule has 4 aromatic rings. The summed E-state index contributed by atoms with van der Waals surface area (Å²) < 4.78 is 0. The minimum Gasteiger partial charge on any atom is -0.354 e. The fourth-order valence-electron chi connectivity index (χ4n) is 2.98. The SMILES string of the molecule is S=C(N/N=C/c1c(-c2ccc(Cl)cc2)[nH]c2ccccc12)Nc1ccccc1. The highest BCUT2D eigenvalue weighted by Gasteiger charge is 2.11. The van der Waals surface area contributed by atoms with Crippen LogP contribution in [0.1, 0.15) is 5.56 Å². The number of rotatable bonds is 4. The molecule has 0 aliphatic heterocycles. The summed E-state index contributed by atoms with van der Waals surface area (Å²) in [6.07, 6.45) is 1.78. The Bertz CT molecular complexity index is 1130. The minimum absolute atomic E-state index is 0.426. The van der Waals surface area contributed by atoms with Gasteiger partial charge in [0.1, 0.15) is 0 Å². The number of thiocarbonyl (C=S) groups is 1. The maximum atomic E-state index is 6.03. The zero-order valence-electron chi connectivity index (χ0n) is 14.8. The van der Waals surface area contributed by atoms with Crippen molar-refractivity contribution < 1.29 is 0 Å². The highest BCUT2D eigenvalue weighted by molar-refractivity contribution is 7.80. The van der Waals surface area contributed by atoms with E-state index in [4.69, 9.17) is 23.8 Å². The van der Waals surface area contributed by atoms with Crippen LogP contribution in [0.4, 0.5) is 5.69 Å². The summed E-state index contributed by atoms with van der Waals surface area (Å²) in [6, 6.07) is 25.6. The summed E-state index contributed by atoms with van der Waals surface area (Å²) in [5.74, 6) is 0. The first-order chi connectivity index (χ1) is 13.7. The van der Waals surface area contributed by atoms with E-state index in [1.54, 1.807) is 6.21 Å². The molecule has 6 heteroatoms. The number of aromatic nitrogens is 1. The van der Waals surface area contributed by atoms with Gasteiger partial charge in [0.25, 0.3) is 0 Å². The lowest BCUT2D eigenvalue weighted by Gasteiger charge is -2.06. The standard InChI is InChI=1S/C22H17ClN4S/c23-16-12-10-15(11-13-16)21-19(18-8-4-5-9-20(18)26-21)14-24-27-22(28)25-17-6-2-1-3-7-17/h1-14,26H,(H2,25,27,28)/b24-14+. The van der Waals surface area contributed by atoms with Crippen LogP contribution in [0.2, 0.25) is 5.02 Å². The lowest BCUT2D eigenvalue weighted by Crippen LogP contribution is -2.23. The summed E-state index contributed by atoms with van der Waals surface area (Å²) in [5, 5.41) is 9.65. The van der Waals surface area contributed by atoms with Gasteiger partial charge in [-0.25, -0.2) is 0 Å². The van der Waals surface area contributed by atoms with Crippen molar-refractivity contribution in [3.8, 4) is 11.3 Å². The van der Waals surface area contributed by atoms with Gasteiger partial charge < -0.3 is 10.3 Å². The van der Waals surface area contributed by atoms with Crippen LogP contribution in [0.3, 0.4) is 0 Å². The molecule has 0 saturated carbocycles. The number of H-pyrrole nitrogens is 1. The first-order valence-corrected chi connectivity index (χ1v) is 9.51. The highest BCUT2D eigenvalue weighted by Crippen LogP contribution is 2.29. The zero-order chi connectivity index (χ0) is 19.3. The molecule has 0 amide bonds. The van der Waals surface area contributed by atoms with E-state index in [9.17, 15) is 0 Å². The van der Waals surface area contributed by atoms with Crippen molar-refractivity contribution in [2.45, 2.75) is 0 Å². The molecule has 0 aliphatic rings. The number of nitrogens with zero attached hydrogens (tertiary/aromatic N) is 1. The fourth-order valence-corrected chi connectivity index (χ4v) is 3.27. The summed E-state index contributed by atoms with van der Waals surface area (Å²) in [5.41, 5.74) is 7.81. The number of benzene rings is 3. The number of halogens is 1. The molecule has 0 saturated heterocycles. The molecule has 4 rings (SSSR count). The molecule has 0 atom stereocenters. The molecular formula is C22H17ClN4S. The van der Waals surface area contributed by atoms with Gasteiger partial charge in [0.05, 0.1) is 11.9 Å². The molecule has 0 unspecified atom stereocenters. The van der Waals surface area contributed by atoms with E-state index >= 15 is 0 Å². The van der Waals surface area contributed by atoms with E-state index in [-0.39, 0.29) is 0 Å². The van der Waals surface area contributed by atoms with Gasteiger partial charge in [-0.3, -0.25) is 5.43 Å². The van der Waals surface area contributed by atoms with Gasteiger partial charge in [-0.2, -0.15) is 5.10 Å². The Morgan fingerprint density at radius 3 is 2.43 bits per heavy atom. The molecule has 28 heavy (non-hydrogen) atoms. The van der Waals surface area contributed by atoms with Gasteiger partial charge >= 0.3 is 0 Å². The molecule has 4 nitrogen and oxygen atoms in total. The number of para-hydroxylation sites is 2. The fraction of sp³-hybridized carbons (Fsp3) is 0. The number of hydrazone groups is 1. The first-order valence-electron chi connectivity index (χ1n) is 8.72. The van der Waals surface area contributed by atoms with Gasteiger partial charge in [-0.15, -0.1) is 0 Å². The second-order valence-electron chi connectivity index (χ2n) is 6.16. The number of aromatic amines is 1. The van der Waals surface area contributed by atoms with Crippen molar-refractivity contribution in [3.05, 3.63) is 89.4 Å². The quantitative estimate of drug-likeness (QED) is 0.228. The third kappa shape index (κ3) is 4.06. The summed E-state index contributed by atoms with van der Waals surface area (Å²) >= 11 is 11.3. The Morgan fingerprint density at radius 1 is 0.929 bits per heavy atom. The van der Waals surface area contributed by atoms with Crippen LogP contribution in [0, 0.1) is 0 Å². The molecule has 0 fully saturated rings. The topological polar surface area (TPSA) is 52.2 Å². The summed E-state index contributed by atoms with van der Waals surface area (Å²) in [4.78, 5) is 3.47. The smallest absolute Gasteiger partial charge is 0.191 e. The maximum absolute atomic E-state index is 6.03. The average Bonchev–Trinajstić information content (AvgIpc) is 3.08. The van der Waals surface area contributed by atoms with Gasteiger partial charge in [0, 0.05) is 27.2 Å². The Balaban J connectivity index is 1.60. The van der Waals surface area contributed by atoms with Crippen LogP contribution in [-0.4, -0.2) is 16.3 Å². The van der Waals surface area contributed by atoms with Crippen molar-refractivity contribution in [2.75, 3.05) is 5.32 Å². The molecule has 0 bridgehead atoms. The largest absolute Gasteiger partial charge is 0.354 e. The van der Waals surface area contributed by atoms with Crippen molar-refractivity contribution in [1.29, 1.82) is 0 Å². The number of anilines is 1. The van der Waals surface area contributed by atoms with E-state index in [0.717, 1.165) is 33.4 Å². The van der Waals surface area contributed by atoms with Crippen LogP contribution >= 0.6 is 23.8 Å². The second kappa shape index (κ2) is 8.25. The molecular weight excluding hydrogens is 388 g/mol. The Morgan fingerprint density at radius 2 is 1.64 bits per heavy atom. The van der Waals surface area contributed by atoms with E-state index < -0.39 is 0 Å². The molecule has 0 radical (unpaired) electrons. The molecule has 1 aromatic heterocycles. The van der Waals surface area contributed by atoms with Crippen molar-refractivity contribution in [2.24, 2.45) is 5.10 Å². The minimum atomic E-state index is 0.426. The monoisotopic (exact) mass is 404 g/mol. The van der Waals surface area contributed by atoms with Crippen LogP contribution in [0.5, 0.6) is 0 Å². The zero-order valence-corrected chi connectivity index (χ0v) is 16.4. The predicted molar refractivity (Wildman–Crippen MR) is 122 cm³/mol. The number of nitrogens with one attached hydrogen (secondary N) is 3. The van der Waals surface area contributed by atoms with E-state index in [2.05, 4.69) is 26.9 Å². The van der Waals surface area contributed by atoms with Crippen LogP contribution in [0.15, 0.2) is 84.0 Å². The van der Waals surface area contributed by atoms with Crippen LogP contribution < -0.4 is 10.7 Å². The Hall–Kier alpha value is -3.15. The maximum Gasteiger partial charge on any atom is 0.191 e. The highest BCUT2D eigenvalue weighted by atomic mass is 35.5. The van der Waals surface area contributed by atoms with E-state index in [1.165, 1.54) is 0 Å². The first kappa shape index (κ1) is 18.2. The lowest BCUT2D eigenvalue weighted by molar-refractivity contribution is 1.05. The van der Waals surface area contributed by atoms with Crippen molar-refractivity contribution in [3.63, 3.8) is 0 Å². The van der Waals surface area contributed by atoms with Crippen molar-refractivity contribution in [1.82, 2.24) is 10.4 Å². The summed E-state index contributed by atoms with van der Waals surface area (Å²) in [7, 11) is 0. The third-order valence-corrected chi connectivity index (χ3v) is 4.72. The lowest BCUT2D eigenvalue weighted by atomic mass is 10.1. The van der Waals surface area contributed by atoms with Gasteiger partial charge in [-0.1, -0.05) is 60.1 Å². The van der Waals surface area contributed by atoms with E-state index in [0.29, 0.717) is 10.1 Å². The average molecular weight is 405 g/mol. The van der Waals surface area contributed by atoms with E-state index in [1.807, 2.05) is 72.8 Å². The molecule has 0 aliphatic carbocycles. The predicted octanol–water partition coefficient (Wildman–Crippen LogP) is 5.81. The molecule has 0 spiro atoms. The number of fused-ring (bicyclic) bond motifs is 1. The normalized spacial score (nSPS) is 11.0. The van der Waals surface area contributed by atoms with Gasteiger partial charge in [-0.05, 0) is 48.1 Å². The molecule has 3 N–H and O–H groups in total. The molecule has 138 valence electrons.